The maximum Gasteiger partial charge on any atom is 0.319 e. The minimum Gasteiger partial charge on any atom is -0.491 e. The molecule has 170 valence electrons. The molecule has 1 saturated carbocycles. The van der Waals surface area contributed by atoms with Gasteiger partial charge in [0.05, 0.1) is 0 Å². The lowest BCUT2D eigenvalue weighted by molar-refractivity contribution is -0.742. The monoisotopic (exact) mass is 426 g/mol. The quantitative estimate of drug-likeness (QED) is 0.333. The van der Waals surface area contributed by atoms with Gasteiger partial charge in [0, 0.05) is 23.8 Å². The van der Waals surface area contributed by atoms with E-state index >= 15 is 0 Å². The van der Waals surface area contributed by atoms with Gasteiger partial charge in [-0.3, -0.25) is 0 Å². The molecule has 30 heavy (non-hydrogen) atoms. The number of nitrogens with zero attached hydrogens (tertiary/aromatic N) is 1. The number of β-amino-alcohol motifs (C(OH)–C–C–N with tert-alkyl or cyclic N) is 1. The fraction of sp³-hybridized carbons (Fsp3) is 0.650. The molecule has 0 aromatic heterocycles. The van der Waals surface area contributed by atoms with Crippen LogP contribution in [0.25, 0.3) is 0 Å². The van der Waals surface area contributed by atoms with Crippen molar-refractivity contribution in [3.05, 3.63) is 34.4 Å². The number of urea groups is 1. The maximum absolute atomic E-state index is 12.0. The summed E-state index contributed by atoms with van der Waals surface area (Å²) in [5.41, 5.74) is 0.688. The number of carbonyl (C=O) groups excluding carboxylic acids is 1. The molecule has 5 N–H and O–H groups in total. The number of hydrogen-bond acceptors (Lipinski definition) is 6. The minimum atomic E-state index is -1.50. The van der Waals surface area contributed by atoms with E-state index in [1.165, 1.54) is 19.3 Å². The first-order valence-electron chi connectivity index (χ1n) is 10.1. The van der Waals surface area contributed by atoms with Crippen LogP contribution in [0.15, 0.2) is 24.3 Å². The molecule has 2 amide bonds. The van der Waals surface area contributed by atoms with Gasteiger partial charge in [0.1, 0.15) is 18.5 Å². The largest absolute Gasteiger partial charge is 0.491 e. The topological polar surface area (TPSA) is 146 Å². The van der Waals surface area contributed by atoms with E-state index in [-0.39, 0.29) is 24.2 Å². The molecular formula is C20H34N4O6. The van der Waals surface area contributed by atoms with Crippen molar-refractivity contribution < 1.29 is 24.9 Å². The molecule has 0 heterocycles. The van der Waals surface area contributed by atoms with Gasteiger partial charge >= 0.3 is 6.03 Å². The van der Waals surface area contributed by atoms with Crippen LogP contribution < -0.4 is 20.7 Å². The van der Waals surface area contributed by atoms with Crippen molar-refractivity contribution in [1.82, 2.24) is 10.6 Å². The van der Waals surface area contributed by atoms with E-state index in [0.29, 0.717) is 12.3 Å². The maximum atomic E-state index is 12.0. The molecule has 2 rings (SSSR count). The molecule has 0 radical (unpaired) electrons. The van der Waals surface area contributed by atoms with Crippen LogP contribution in [0.3, 0.4) is 0 Å². The lowest BCUT2D eigenvalue weighted by Gasteiger charge is -2.23. The third kappa shape index (κ3) is 12.8. The first-order chi connectivity index (χ1) is 14.0. The predicted octanol–water partition coefficient (Wildman–Crippen LogP) is 2.92. The lowest BCUT2D eigenvalue weighted by atomic mass is 9.96. The summed E-state index contributed by atoms with van der Waals surface area (Å²) < 4.78 is 5.60. The van der Waals surface area contributed by atoms with Gasteiger partial charge in [0.2, 0.25) is 0 Å². The van der Waals surface area contributed by atoms with Gasteiger partial charge in [-0.1, -0.05) is 19.3 Å². The molecule has 1 unspecified atom stereocenters. The van der Waals surface area contributed by atoms with Crippen molar-refractivity contribution in [2.24, 2.45) is 0 Å². The van der Waals surface area contributed by atoms with Crippen molar-refractivity contribution in [2.45, 2.75) is 70.6 Å². The minimum absolute atomic E-state index is 0.0352. The van der Waals surface area contributed by atoms with E-state index < -0.39 is 11.2 Å². The summed E-state index contributed by atoms with van der Waals surface area (Å²) in [5, 5.41) is 32.7. The molecule has 0 bridgehead atoms. The van der Waals surface area contributed by atoms with Crippen LogP contribution in [0.2, 0.25) is 0 Å². The summed E-state index contributed by atoms with van der Waals surface area (Å²) in [6.07, 6.45) is 5.19. The van der Waals surface area contributed by atoms with E-state index in [1.54, 1.807) is 24.3 Å². The van der Waals surface area contributed by atoms with Crippen molar-refractivity contribution in [3.8, 4) is 5.75 Å². The van der Waals surface area contributed by atoms with Gasteiger partial charge in [-0.2, -0.15) is 0 Å². The summed E-state index contributed by atoms with van der Waals surface area (Å²) in [6.45, 7) is 6.85. The Labute approximate surface area is 177 Å². The molecular weight excluding hydrogens is 392 g/mol. The highest BCUT2D eigenvalue weighted by Crippen LogP contribution is 2.18. The van der Waals surface area contributed by atoms with Gasteiger partial charge in [0.15, 0.2) is 0 Å². The summed E-state index contributed by atoms with van der Waals surface area (Å²) in [5.74, 6) is 0.665. The fourth-order valence-corrected chi connectivity index (χ4v) is 2.91. The van der Waals surface area contributed by atoms with E-state index in [4.69, 9.17) is 20.1 Å². The van der Waals surface area contributed by atoms with Crippen molar-refractivity contribution >= 4 is 11.7 Å². The number of aliphatic hydroxyl groups excluding tert-OH is 1. The van der Waals surface area contributed by atoms with Gasteiger partial charge in [-0.25, -0.2) is 4.79 Å². The first kappa shape index (κ1) is 25.4. The summed E-state index contributed by atoms with van der Waals surface area (Å²) >= 11 is 0. The molecule has 0 saturated heterocycles. The predicted molar refractivity (Wildman–Crippen MR) is 114 cm³/mol. The Morgan fingerprint density at radius 2 is 1.80 bits per heavy atom. The van der Waals surface area contributed by atoms with Crippen LogP contribution in [0.5, 0.6) is 5.75 Å². The van der Waals surface area contributed by atoms with E-state index in [1.807, 2.05) is 0 Å². The lowest BCUT2D eigenvalue weighted by Crippen LogP contribution is -2.42. The van der Waals surface area contributed by atoms with E-state index in [2.05, 4.69) is 36.7 Å². The van der Waals surface area contributed by atoms with Crippen LogP contribution in [-0.4, -0.2) is 52.3 Å². The Morgan fingerprint density at radius 3 is 2.33 bits per heavy atom. The number of nitrogens with one attached hydrogen (secondary N) is 3. The molecule has 1 aliphatic carbocycles. The zero-order valence-electron chi connectivity index (χ0n) is 17.9. The second-order valence-corrected chi connectivity index (χ2v) is 8.29. The first-order valence-corrected chi connectivity index (χ1v) is 10.1. The van der Waals surface area contributed by atoms with Crippen LogP contribution in [-0.2, 0) is 0 Å². The molecule has 1 aromatic carbocycles. The van der Waals surface area contributed by atoms with E-state index in [9.17, 15) is 9.90 Å². The van der Waals surface area contributed by atoms with Gasteiger partial charge in [-0.05, 0) is 57.9 Å². The molecule has 1 aromatic rings. The number of hydrogen-bond donors (Lipinski definition) is 5. The fourth-order valence-electron chi connectivity index (χ4n) is 2.91. The zero-order chi connectivity index (χ0) is 22.6. The smallest absolute Gasteiger partial charge is 0.319 e. The van der Waals surface area contributed by atoms with Crippen LogP contribution in [0.4, 0.5) is 10.5 Å². The second-order valence-electron chi connectivity index (χ2n) is 8.29. The Bertz CT molecular complexity index is 638. The van der Waals surface area contributed by atoms with Gasteiger partial charge in [0.25, 0.3) is 5.09 Å². The number of amides is 2. The number of benzene rings is 1. The summed E-state index contributed by atoms with van der Waals surface area (Å²) in [6, 6.07) is 7.31. The van der Waals surface area contributed by atoms with Crippen LogP contribution in [0, 0.1) is 10.1 Å². The Balaban J connectivity index is 0.00000103. The average molecular weight is 427 g/mol. The third-order valence-electron chi connectivity index (χ3n) is 4.36. The van der Waals surface area contributed by atoms with Crippen molar-refractivity contribution in [2.75, 3.05) is 18.5 Å². The highest BCUT2D eigenvalue weighted by Gasteiger charge is 2.16. The Kier molecular flexibility index (Phi) is 10.9. The standard InChI is InChI=1S/C20H33N3O3.HNO3/c1-20(2,3)21-13-17(24)14-26-18-11-9-16(10-12-18)23-19(25)22-15-7-5-4-6-8-15;2-1(3)4/h9-12,15,17,21,24H,4-8,13-14H2,1-3H3,(H2,22,23,25);(H,2,3,4). The number of anilines is 1. The highest BCUT2D eigenvalue weighted by molar-refractivity contribution is 5.89. The summed E-state index contributed by atoms with van der Waals surface area (Å²) in [7, 11) is 0. The normalized spacial score (nSPS) is 15.3. The number of rotatable bonds is 7. The highest BCUT2D eigenvalue weighted by atomic mass is 16.9. The Morgan fingerprint density at radius 1 is 1.23 bits per heavy atom. The second kappa shape index (κ2) is 12.9. The molecule has 10 nitrogen and oxygen atoms in total. The molecule has 1 aliphatic rings. The van der Waals surface area contributed by atoms with Gasteiger partial charge < -0.3 is 31.0 Å². The Hall–Kier alpha value is -2.59. The molecule has 10 heteroatoms. The van der Waals surface area contributed by atoms with Crippen molar-refractivity contribution in [1.29, 1.82) is 0 Å². The van der Waals surface area contributed by atoms with E-state index in [0.717, 1.165) is 18.5 Å². The number of carbonyl (C=O) groups is 1. The number of aliphatic hydroxyl groups is 1. The van der Waals surface area contributed by atoms with Crippen LogP contribution in [0.1, 0.15) is 52.9 Å². The molecule has 0 spiro atoms. The zero-order valence-corrected chi connectivity index (χ0v) is 17.9. The number of ether oxygens (including phenoxy) is 1. The van der Waals surface area contributed by atoms with Gasteiger partial charge in [-0.15, -0.1) is 10.1 Å². The molecule has 0 aliphatic heterocycles. The average Bonchev–Trinajstić information content (AvgIpc) is 2.65. The molecule has 1 atom stereocenters. The van der Waals surface area contributed by atoms with Crippen molar-refractivity contribution in [3.63, 3.8) is 0 Å². The summed E-state index contributed by atoms with van der Waals surface area (Å²) in [4.78, 5) is 20.4. The SMILES string of the molecule is CC(C)(C)NCC(O)COc1ccc(NC(=O)NC2CCCCC2)cc1.O=[N+]([O-])O. The molecule has 1 fully saturated rings. The van der Waals surface area contributed by atoms with Crippen LogP contribution >= 0.6 is 0 Å². The third-order valence-corrected chi connectivity index (χ3v) is 4.36.